The van der Waals surface area contributed by atoms with E-state index in [0.717, 1.165) is 38.8 Å². The Labute approximate surface area is 124 Å². The maximum absolute atomic E-state index is 9.06. The fourth-order valence-electron chi connectivity index (χ4n) is 2.39. The van der Waals surface area contributed by atoms with Crippen molar-refractivity contribution >= 4 is 17.5 Å². The van der Waals surface area contributed by atoms with Crippen molar-refractivity contribution in [3.8, 4) is 6.01 Å². The number of hydrogen-bond donors (Lipinski definition) is 1. The molecule has 1 atom stereocenters. The van der Waals surface area contributed by atoms with E-state index >= 15 is 0 Å². The van der Waals surface area contributed by atoms with Crippen LogP contribution < -0.4 is 9.64 Å². The summed E-state index contributed by atoms with van der Waals surface area (Å²) in [5.41, 5.74) is 0. The number of hydrogen-bond acceptors (Lipinski definition) is 6. The van der Waals surface area contributed by atoms with Gasteiger partial charge in [0, 0.05) is 19.7 Å². The van der Waals surface area contributed by atoms with Crippen molar-refractivity contribution in [3.05, 3.63) is 5.28 Å². The third kappa shape index (κ3) is 4.18. The molecule has 1 unspecified atom stereocenters. The van der Waals surface area contributed by atoms with Gasteiger partial charge < -0.3 is 14.7 Å². The molecule has 0 spiro atoms. The molecule has 1 aromatic heterocycles. The van der Waals surface area contributed by atoms with Gasteiger partial charge in [0.2, 0.25) is 11.2 Å². The van der Waals surface area contributed by atoms with Crippen molar-refractivity contribution in [1.29, 1.82) is 0 Å². The topological polar surface area (TPSA) is 71.4 Å². The summed E-state index contributed by atoms with van der Waals surface area (Å²) in [6.07, 6.45) is 3.91. The van der Waals surface area contributed by atoms with Crippen LogP contribution in [0.25, 0.3) is 0 Å². The van der Waals surface area contributed by atoms with Crippen LogP contribution in [0.4, 0.5) is 5.95 Å². The largest absolute Gasteiger partial charge is 0.463 e. The van der Waals surface area contributed by atoms with Crippen molar-refractivity contribution in [3.63, 3.8) is 0 Å². The van der Waals surface area contributed by atoms with E-state index in [1.54, 1.807) is 0 Å². The lowest BCUT2D eigenvalue weighted by Gasteiger charge is -2.32. The number of aliphatic hydroxyl groups is 1. The van der Waals surface area contributed by atoms with Crippen molar-refractivity contribution in [2.24, 2.45) is 5.92 Å². The Morgan fingerprint density at radius 2 is 2.25 bits per heavy atom. The van der Waals surface area contributed by atoms with Gasteiger partial charge in [0.1, 0.15) is 0 Å². The lowest BCUT2D eigenvalue weighted by Crippen LogP contribution is -2.37. The summed E-state index contributed by atoms with van der Waals surface area (Å²) in [6, 6.07) is 0.283. The molecule has 6 nitrogen and oxygen atoms in total. The van der Waals surface area contributed by atoms with Crippen molar-refractivity contribution in [2.45, 2.75) is 32.6 Å². The molecule has 112 valence electrons. The van der Waals surface area contributed by atoms with Crippen LogP contribution in [-0.2, 0) is 0 Å². The Morgan fingerprint density at radius 1 is 1.40 bits per heavy atom. The zero-order valence-electron chi connectivity index (χ0n) is 11.8. The third-order valence-electron chi connectivity index (χ3n) is 3.35. The molecule has 1 aliphatic heterocycles. The Balaban J connectivity index is 2.08. The van der Waals surface area contributed by atoms with Gasteiger partial charge in [-0.3, -0.25) is 0 Å². The summed E-state index contributed by atoms with van der Waals surface area (Å²) in [5, 5.41) is 9.22. The first-order valence-electron chi connectivity index (χ1n) is 7.13. The van der Waals surface area contributed by atoms with Crippen LogP contribution in [0.3, 0.4) is 0 Å². The minimum absolute atomic E-state index is 0.158. The average molecular weight is 301 g/mol. The number of nitrogens with zero attached hydrogens (tertiary/aromatic N) is 4. The molecule has 1 aromatic rings. The lowest BCUT2D eigenvalue weighted by atomic mass is 9.95. The van der Waals surface area contributed by atoms with Gasteiger partial charge in [0.05, 0.1) is 6.61 Å². The van der Waals surface area contributed by atoms with Gasteiger partial charge in [-0.25, -0.2) is 0 Å². The molecule has 2 rings (SSSR count). The molecule has 0 aromatic carbocycles. The van der Waals surface area contributed by atoms with Crippen LogP contribution in [0.5, 0.6) is 6.01 Å². The van der Waals surface area contributed by atoms with E-state index < -0.39 is 0 Å². The minimum Gasteiger partial charge on any atom is -0.463 e. The van der Waals surface area contributed by atoms with Crippen LogP contribution in [0.15, 0.2) is 0 Å². The zero-order valence-corrected chi connectivity index (χ0v) is 12.5. The highest BCUT2D eigenvalue weighted by Crippen LogP contribution is 2.24. The van der Waals surface area contributed by atoms with Gasteiger partial charge in [-0.15, -0.1) is 0 Å². The second kappa shape index (κ2) is 7.59. The quantitative estimate of drug-likeness (QED) is 0.865. The number of anilines is 1. The second-order valence-electron chi connectivity index (χ2n) is 5.00. The zero-order chi connectivity index (χ0) is 14.4. The van der Waals surface area contributed by atoms with Gasteiger partial charge in [-0.2, -0.15) is 15.0 Å². The Hall–Kier alpha value is -1.14. The molecule has 0 aliphatic carbocycles. The normalized spacial score (nSPS) is 19.1. The van der Waals surface area contributed by atoms with E-state index in [-0.39, 0.29) is 17.9 Å². The third-order valence-corrected chi connectivity index (χ3v) is 3.52. The summed E-state index contributed by atoms with van der Waals surface area (Å²) < 4.78 is 5.43. The van der Waals surface area contributed by atoms with E-state index in [0.29, 0.717) is 18.5 Å². The maximum atomic E-state index is 9.06. The number of ether oxygens (including phenoxy) is 1. The summed E-state index contributed by atoms with van der Waals surface area (Å²) in [7, 11) is 0. The van der Waals surface area contributed by atoms with Crippen molar-refractivity contribution in [1.82, 2.24) is 15.0 Å². The average Bonchev–Trinajstić information content (AvgIpc) is 2.45. The number of rotatable bonds is 6. The first kappa shape index (κ1) is 15.3. The Kier molecular flexibility index (Phi) is 5.79. The second-order valence-corrected chi connectivity index (χ2v) is 5.34. The monoisotopic (exact) mass is 300 g/mol. The summed E-state index contributed by atoms with van der Waals surface area (Å²) in [4.78, 5) is 14.6. The minimum atomic E-state index is 0.158. The number of aliphatic hydroxyl groups excluding tert-OH is 1. The summed E-state index contributed by atoms with van der Waals surface area (Å²) in [6.45, 7) is 4.55. The number of halogens is 1. The molecular weight excluding hydrogens is 280 g/mol. The molecule has 0 radical (unpaired) electrons. The van der Waals surface area contributed by atoms with Gasteiger partial charge >= 0.3 is 6.01 Å². The molecule has 1 aliphatic rings. The van der Waals surface area contributed by atoms with Gasteiger partial charge in [0.25, 0.3) is 0 Å². The lowest BCUT2D eigenvalue weighted by molar-refractivity contribution is 0.243. The van der Waals surface area contributed by atoms with Crippen LogP contribution in [-0.4, -0.2) is 46.4 Å². The smallest absolute Gasteiger partial charge is 0.322 e. The van der Waals surface area contributed by atoms with E-state index in [2.05, 4.69) is 19.9 Å². The van der Waals surface area contributed by atoms with Crippen LogP contribution >= 0.6 is 11.6 Å². The molecule has 0 amide bonds. The summed E-state index contributed by atoms with van der Waals surface area (Å²) in [5.74, 6) is 1.04. The molecule has 1 N–H and O–H groups in total. The van der Waals surface area contributed by atoms with Crippen LogP contribution in [0.1, 0.15) is 32.6 Å². The predicted octanol–water partition coefficient (Wildman–Crippen LogP) is 1.91. The van der Waals surface area contributed by atoms with Gasteiger partial charge in [0.15, 0.2) is 0 Å². The Bertz CT molecular complexity index is 431. The molecule has 1 fully saturated rings. The highest BCUT2D eigenvalue weighted by Gasteiger charge is 2.22. The SMILES string of the molecule is CCCOc1nc(Cl)nc(N2CCCC(CCO)C2)n1. The molecular formula is C13H21ClN4O2. The van der Waals surface area contributed by atoms with E-state index in [1.165, 1.54) is 0 Å². The maximum Gasteiger partial charge on any atom is 0.322 e. The number of piperidine rings is 1. The molecule has 2 heterocycles. The Morgan fingerprint density at radius 3 is 3.00 bits per heavy atom. The molecule has 0 saturated carbocycles. The molecule has 0 bridgehead atoms. The summed E-state index contributed by atoms with van der Waals surface area (Å²) >= 11 is 5.94. The van der Waals surface area contributed by atoms with Crippen molar-refractivity contribution < 1.29 is 9.84 Å². The van der Waals surface area contributed by atoms with Crippen molar-refractivity contribution in [2.75, 3.05) is 31.2 Å². The highest BCUT2D eigenvalue weighted by atomic mass is 35.5. The highest BCUT2D eigenvalue weighted by molar-refractivity contribution is 6.28. The van der Waals surface area contributed by atoms with E-state index in [4.69, 9.17) is 21.4 Å². The van der Waals surface area contributed by atoms with E-state index in [9.17, 15) is 0 Å². The van der Waals surface area contributed by atoms with E-state index in [1.807, 2.05) is 6.92 Å². The number of aromatic nitrogens is 3. The molecule has 7 heteroatoms. The molecule has 20 heavy (non-hydrogen) atoms. The van der Waals surface area contributed by atoms with Crippen LogP contribution in [0, 0.1) is 5.92 Å². The first-order valence-corrected chi connectivity index (χ1v) is 7.51. The van der Waals surface area contributed by atoms with Gasteiger partial charge in [-0.05, 0) is 43.2 Å². The molecule has 1 saturated heterocycles. The fraction of sp³-hybridized carbons (Fsp3) is 0.769. The fourth-order valence-corrected chi connectivity index (χ4v) is 2.53. The first-order chi connectivity index (χ1) is 9.72. The predicted molar refractivity (Wildman–Crippen MR) is 77.3 cm³/mol. The van der Waals surface area contributed by atoms with Crippen LogP contribution in [0.2, 0.25) is 5.28 Å². The van der Waals surface area contributed by atoms with Gasteiger partial charge in [-0.1, -0.05) is 6.92 Å². The standard InChI is InChI=1S/C13H21ClN4O2/c1-2-8-20-13-16-11(14)15-12(17-13)18-6-3-4-10(9-18)5-7-19/h10,19H,2-9H2,1H3.